The van der Waals surface area contributed by atoms with Crippen molar-refractivity contribution in [3.8, 4) is 0 Å². The van der Waals surface area contributed by atoms with E-state index in [0.29, 0.717) is 18.8 Å². The van der Waals surface area contributed by atoms with Gasteiger partial charge in [-0.25, -0.2) is 9.18 Å². The molecule has 0 aromatic heterocycles. The van der Waals surface area contributed by atoms with Gasteiger partial charge in [0.25, 0.3) is 0 Å². The molecule has 0 bridgehead atoms. The van der Waals surface area contributed by atoms with Gasteiger partial charge in [0.15, 0.2) is 0 Å². The molecule has 0 radical (unpaired) electrons. The first-order valence-electron chi connectivity index (χ1n) is 6.81. The number of nitrogens with zero attached hydrogens (tertiary/aromatic N) is 2. The zero-order valence-corrected chi connectivity index (χ0v) is 10.8. The van der Waals surface area contributed by atoms with Gasteiger partial charge in [0.1, 0.15) is 5.82 Å². The monoisotopic (exact) mass is 263 g/mol. The summed E-state index contributed by atoms with van der Waals surface area (Å²) in [6, 6.07) is 6.64. The number of benzene rings is 1. The van der Waals surface area contributed by atoms with Crippen molar-refractivity contribution in [1.82, 2.24) is 10.2 Å². The van der Waals surface area contributed by atoms with E-state index in [4.69, 9.17) is 0 Å². The van der Waals surface area contributed by atoms with Crippen molar-refractivity contribution in [2.45, 2.75) is 18.9 Å². The minimum absolute atomic E-state index is 0.0706. The molecule has 2 saturated heterocycles. The summed E-state index contributed by atoms with van der Waals surface area (Å²) < 4.78 is 13.8. The van der Waals surface area contributed by atoms with E-state index < -0.39 is 0 Å². The van der Waals surface area contributed by atoms with E-state index >= 15 is 0 Å². The maximum Gasteiger partial charge on any atom is 0.324 e. The van der Waals surface area contributed by atoms with Crippen molar-refractivity contribution >= 4 is 11.7 Å². The fourth-order valence-corrected chi connectivity index (χ4v) is 2.89. The Kier molecular flexibility index (Phi) is 3.38. The Labute approximate surface area is 112 Å². The molecule has 2 fully saturated rings. The van der Waals surface area contributed by atoms with E-state index in [2.05, 4.69) is 5.32 Å². The van der Waals surface area contributed by atoms with Crippen LogP contribution in [0.25, 0.3) is 0 Å². The minimum Gasteiger partial charge on any atom is -0.318 e. The second-order valence-corrected chi connectivity index (χ2v) is 5.08. The number of hydrogen-bond donors (Lipinski definition) is 1. The number of piperidine rings is 1. The maximum atomic E-state index is 13.8. The molecule has 0 aliphatic carbocycles. The predicted octanol–water partition coefficient (Wildman–Crippen LogP) is 1.82. The molecule has 1 aromatic carbocycles. The van der Waals surface area contributed by atoms with E-state index in [1.807, 2.05) is 4.90 Å². The number of halogens is 1. The van der Waals surface area contributed by atoms with Crippen molar-refractivity contribution in [3.05, 3.63) is 30.1 Å². The van der Waals surface area contributed by atoms with Crippen LogP contribution in [-0.2, 0) is 0 Å². The summed E-state index contributed by atoms with van der Waals surface area (Å²) in [7, 11) is 0. The lowest BCUT2D eigenvalue weighted by molar-refractivity contribution is 0.187. The standard InChI is InChI=1S/C14H18FN3O/c15-12-5-1-2-6-13(12)18-9-8-17(14(18)19)11-4-3-7-16-10-11/h1-2,5-6,11,16H,3-4,7-10H2. The number of para-hydroxylation sites is 1. The van der Waals surface area contributed by atoms with Gasteiger partial charge in [0, 0.05) is 25.7 Å². The summed E-state index contributed by atoms with van der Waals surface area (Å²) in [6.45, 7) is 3.11. The van der Waals surface area contributed by atoms with Gasteiger partial charge >= 0.3 is 6.03 Å². The minimum atomic E-state index is -0.334. The molecule has 19 heavy (non-hydrogen) atoms. The number of nitrogens with one attached hydrogen (secondary N) is 1. The molecule has 102 valence electrons. The lowest BCUT2D eigenvalue weighted by Crippen LogP contribution is -2.47. The highest BCUT2D eigenvalue weighted by Gasteiger charge is 2.35. The number of anilines is 1. The van der Waals surface area contributed by atoms with Gasteiger partial charge in [-0.3, -0.25) is 4.90 Å². The van der Waals surface area contributed by atoms with Gasteiger partial charge in [-0.1, -0.05) is 12.1 Å². The Bertz CT molecular complexity index is 474. The lowest BCUT2D eigenvalue weighted by atomic mass is 10.1. The van der Waals surface area contributed by atoms with Gasteiger partial charge in [-0.15, -0.1) is 0 Å². The maximum absolute atomic E-state index is 13.8. The summed E-state index contributed by atoms with van der Waals surface area (Å²) in [6.07, 6.45) is 2.12. The van der Waals surface area contributed by atoms with Gasteiger partial charge < -0.3 is 10.2 Å². The SMILES string of the molecule is O=C1N(c2ccccc2F)CCN1C1CCCNC1. The first-order valence-corrected chi connectivity index (χ1v) is 6.81. The first kappa shape index (κ1) is 12.4. The largest absolute Gasteiger partial charge is 0.324 e. The van der Waals surface area contributed by atoms with Crippen LogP contribution in [0, 0.1) is 5.82 Å². The van der Waals surface area contributed by atoms with Crippen LogP contribution in [0.1, 0.15) is 12.8 Å². The summed E-state index contributed by atoms with van der Waals surface area (Å²) in [4.78, 5) is 15.8. The van der Waals surface area contributed by atoms with Crippen LogP contribution in [0.2, 0.25) is 0 Å². The third-order valence-corrected chi connectivity index (χ3v) is 3.90. The quantitative estimate of drug-likeness (QED) is 0.883. The van der Waals surface area contributed by atoms with Crippen molar-refractivity contribution < 1.29 is 9.18 Å². The molecular weight excluding hydrogens is 245 g/mol. The van der Waals surface area contributed by atoms with Crippen molar-refractivity contribution in [1.29, 1.82) is 0 Å². The Hall–Kier alpha value is -1.62. The number of carbonyl (C=O) groups excluding carboxylic acids is 1. The topological polar surface area (TPSA) is 35.6 Å². The molecule has 0 spiro atoms. The molecule has 1 atom stereocenters. The second kappa shape index (κ2) is 5.17. The van der Waals surface area contributed by atoms with Crippen LogP contribution in [0.4, 0.5) is 14.9 Å². The van der Waals surface area contributed by atoms with Gasteiger partial charge in [-0.05, 0) is 31.5 Å². The first-order chi connectivity index (χ1) is 9.27. The molecule has 5 heteroatoms. The summed E-state index contributed by atoms with van der Waals surface area (Å²) in [5, 5.41) is 3.31. The Morgan fingerprint density at radius 1 is 1.26 bits per heavy atom. The van der Waals surface area contributed by atoms with Crippen molar-refractivity contribution in [2.24, 2.45) is 0 Å². The average molecular weight is 263 g/mol. The molecule has 2 amide bonds. The van der Waals surface area contributed by atoms with Gasteiger partial charge in [0.2, 0.25) is 0 Å². The molecule has 3 rings (SSSR count). The zero-order chi connectivity index (χ0) is 13.2. The number of amides is 2. The highest BCUT2D eigenvalue weighted by atomic mass is 19.1. The van der Waals surface area contributed by atoms with Crippen LogP contribution in [0.15, 0.2) is 24.3 Å². The summed E-state index contributed by atoms with van der Waals surface area (Å²) in [5.41, 5.74) is 0.388. The molecule has 2 heterocycles. The fraction of sp³-hybridized carbons (Fsp3) is 0.500. The smallest absolute Gasteiger partial charge is 0.318 e. The molecule has 1 aromatic rings. The molecule has 0 saturated carbocycles. The average Bonchev–Trinajstić information content (AvgIpc) is 2.82. The van der Waals surface area contributed by atoms with Crippen LogP contribution >= 0.6 is 0 Å². The number of hydrogen-bond acceptors (Lipinski definition) is 2. The van der Waals surface area contributed by atoms with E-state index in [-0.39, 0.29) is 17.9 Å². The Balaban J connectivity index is 1.76. The van der Waals surface area contributed by atoms with Crippen LogP contribution in [0.3, 0.4) is 0 Å². The second-order valence-electron chi connectivity index (χ2n) is 5.08. The number of urea groups is 1. The molecule has 1 N–H and O–H groups in total. The summed E-state index contributed by atoms with van der Waals surface area (Å²) in [5.74, 6) is -0.334. The van der Waals surface area contributed by atoms with E-state index in [1.54, 1.807) is 23.1 Å². The van der Waals surface area contributed by atoms with Crippen LogP contribution in [-0.4, -0.2) is 43.2 Å². The highest BCUT2D eigenvalue weighted by Crippen LogP contribution is 2.25. The van der Waals surface area contributed by atoms with Crippen molar-refractivity contribution in [2.75, 3.05) is 31.1 Å². The zero-order valence-electron chi connectivity index (χ0n) is 10.8. The lowest BCUT2D eigenvalue weighted by Gasteiger charge is -2.31. The highest BCUT2D eigenvalue weighted by molar-refractivity contribution is 5.94. The van der Waals surface area contributed by atoms with Gasteiger partial charge in [-0.2, -0.15) is 0 Å². The third kappa shape index (κ3) is 2.30. The Morgan fingerprint density at radius 3 is 2.84 bits per heavy atom. The van der Waals surface area contributed by atoms with Crippen LogP contribution in [0.5, 0.6) is 0 Å². The van der Waals surface area contributed by atoms with Gasteiger partial charge in [0.05, 0.1) is 5.69 Å². The molecular formula is C14H18FN3O. The van der Waals surface area contributed by atoms with Crippen LogP contribution < -0.4 is 10.2 Å². The number of rotatable bonds is 2. The molecule has 2 aliphatic heterocycles. The van der Waals surface area contributed by atoms with E-state index in [9.17, 15) is 9.18 Å². The fourth-order valence-electron chi connectivity index (χ4n) is 2.89. The molecule has 2 aliphatic rings. The van der Waals surface area contributed by atoms with E-state index in [1.165, 1.54) is 6.07 Å². The predicted molar refractivity (Wildman–Crippen MR) is 71.7 cm³/mol. The summed E-state index contributed by atoms with van der Waals surface area (Å²) >= 11 is 0. The third-order valence-electron chi connectivity index (χ3n) is 3.90. The van der Waals surface area contributed by atoms with Crippen molar-refractivity contribution in [3.63, 3.8) is 0 Å². The normalized spacial score (nSPS) is 24.1. The molecule has 1 unspecified atom stereocenters. The van der Waals surface area contributed by atoms with E-state index in [0.717, 1.165) is 25.9 Å². The Morgan fingerprint density at radius 2 is 2.11 bits per heavy atom. The number of carbonyl (C=O) groups is 1. The molecule has 4 nitrogen and oxygen atoms in total.